The molecule has 0 fully saturated rings. The van der Waals surface area contributed by atoms with Crippen LogP contribution in [-0.2, 0) is 13.1 Å². The van der Waals surface area contributed by atoms with Crippen molar-refractivity contribution in [1.29, 1.82) is 0 Å². The predicted molar refractivity (Wildman–Crippen MR) is 69.4 cm³/mol. The zero-order valence-electron chi connectivity index (χ0n) is 10.3. The van der Waals surface area contributed by atoms with Gasteiger partial charge in [0.2, 0.25) is 0 Å². The Bertz CT molecular complexity index is 537. The van der Waals surface area contributed by atoms with Crippen LogP contribution in [-0.4, -0.2) is 16.9 Å². The first-order valence-corrected chi connectivity index (χ1v) is 5.37. The highest BCUT2D eigenvalue weighted by Crippen LogP contribution is 2.23. The third-order valence-electron chi connectivity index (χ3n) is 2.53. The number of benzene rings is 1. The third-order valence-corrected chi connectivity index (χ3v) is 2.53. The van der Waals surface area contributed by atoms with E-state index in [1.54, 1.807) is 17.1 Å². The Labute approximate surface area is 115 Å². The molecule has 0 saturated heterocycles. The van der Waals surface area contributed by atoms with E-state index in [1.165, 1.54) is 19.2 Å². The van der Waals surface area contributed by atoms with Gasteiger partial charge < -0.3 is 10.5 Å². The quantitative estimate of drug-likeness (QED) is 0.938. The molecule has 2 rings (SSSR count). The first-order valence-electron chi connectivity index (χ1n) is 5.37. The number of hydrogen-bond donors (Lipinski definition) is 1. The van der Waals surface area contributed by atoms with E-state index in [-0.39, 0.29) is 24.7 Å². The first kappa shape index (κ1) is 15.4. The van der Waals surface area contributed by atoms with Gasteiger partial charge in [0.1, 0.15) is 0 Å². The van der Waals surface area contributed by atoms with Crippen LogP contribution in [0.5, 0.6) is 5.75 Å². The van der Waals surface area contributed by atoms with E-state index in [2.05, 4.69) is 9.84 Å². The van der Waals surface area contributed by atoms with Gasteiger partial charge in [0.05, 0.1) is 19.9 Å². The molecule has 0 radical (unpaired) electrons. The van der Waals surface area contributed by atoms with E-state index >= 15 is 0 Å². The Morgan fingerprint density at radius 2 is 1.89 bits per heavy atom. The fourth-order valence-electron chi connectivity index (χ4n) is 1.68. The zero-order chi connectivity index (χ0) is 13.1. The van der Waals surface area contributed by atoms with Crippen molar-refractivity contribution in [1.82, 2.24) is 9.78 Å². The van der Waals surface area contributed by atoms with Crippen molar-refractivity contribution >= 4 is 12.4 Å². The second-order valence-corrected chi connectivity index (χ2v) is 3.84. The number of nitrogens with zero attached hydrogens (tertiary/aromatic N) is 2. The Balaban J connectivity index is 0.00000180. The average molecular weight is 290 g/mol. The Morgan fingerprint density at radius 1 is 1.26 bits per heavy atom. The minimum atomic E-state index is -0.723. The van der Waals surface area contributed by atoms with Gasteiger partial charge in [-0.2, -0.15) is 5.10 Å². The van der Waals surface area contributed by atoms with Crippen LogP contribution in [0, 0.1) is 11.6 Å². The molecule has 2 N–H and O–H groups in total. The number of ether oxygens (including phenoxy) is 1. The minimum absolute atomic E-state index is 0. The van der Waals surface area contributed by atoms with Crippen LogP contribution >= 0.6 is 12.4 Å². The van der Waals surface area contributed by atoms with Crippen molar-refractivity contribution in [3.63, 3.8) is 0 Å². The molecule has 0 amide bonds. The normalized spacial score (nSPS) is 10.1. The maximum absolute atomic E-state index is 13.5. The molecule has 2 aromatic rings. The highest BCUT2D eigenvalue weighted by Gasteiger charge is 2.11. The molecule has 19 heavy (non-hydrogen) atoms. The number of nitrogens with two attached hydrogens (primary N) is 1. The lowest BCUT2D eigenvalue weighted by molar-refractivity contribution is 0.359. The van der Waals surface area contributed by atoms with E-state index in [9.17, 15) is 8.78 Å². The number of methoxy groups -OCH3 is 1. The van der Waals surface area contributed by atoms with E-state index in [1.807, 2.05) is 0 Å². The number of aromatic nitrogens is 2. The molecule has 0 aliphatic rings. The fourth-order valence-corrected chi connectivity index (χ4v) is 1.68. The molecular formula is C12H14ClF2N3O. The lowest BCUT2D eigenvalue weighted by atomic mass is 10.2. The Morgan fingerprint density at radius 3 is 2.37 bits per heavy atom. The zero-order valence-corrected chi connectivity index (χ0v) is 11.1. The summed E-state index contributed by atoms with van der Waals surface area (Å²) in [5, 5.41) is 4.04. The molecule has 0 atom stereocenters. The molecule has 7 heteroatoms. The summed E-state index contributed by atoms with van der Waals surface area (Å²) in [6.07, 6.45) is 3.36. The van der Waals surface area contributed by atoms with Gasteiger partial charge in [0.25, 0.3) is 0 Å². The summed E-state index contributed by atoms with van der Waals surface area (Å²) in [6, 6.07) is 2.46. The molecule has 1 aromatic carbocycles. The summed E-state index contributed by atoms with van der Waals surface area (Å²) in [5.41, 5.74) is 6.79. The molecule has 0 bridgehead atoms. The molecule has 0 aliphatic carbocycles. The summed E-state index contributed by atoms with van der Waals surface area (Å²) in [4.78, 5) is 0. The van der Waals surface area contributed by atoms with Gasteiger partial charge in [-0.25, -0.2) is 8.78 Å². The van der Waals surface area contributed by atoms with Gasteiger partial charge in [-0.3, -0.25) is 4.68 Å². The highest BCUT2D eigenvalue weighted by atomic mass is 35.5. The van der Waals surface area contributed by atoms with Crippen LogP contribution < -0.4 is 10.5 Å². The van der Waals surface area contributed by atoms with Crippen molar-refractivity contribution < 1.29 is 13.5 Å². The van der Waals surface area contributed by atoms with Crippen molar-refractivity contribution in [3.8, 4) is 5.75 Å². The predicted octanol–water partition coefficient (Wildman–Crippen LogP) is 2.10. The standard InChI is InChI=1S/C12H13F2N3O.ClH/c1-18-12-10(13)2-8(3-11(12)14)6-17-7-9(4-15)5-16-17;/h2-3,5,7H,4,6,15H2,1H3;1H. The number of rotatable bonds is 4. The van der Waals surface area contributed by atoms with Crippen molar-refractivity contribution in [3.05, 3.63) is 47.3 Å². The largest absolute Gasteiger partial charge is 0.491 e. The molecular weight excluding hydrogens is 276 g/mol. The lowest BCUT2D eigenvalue weighted by Crippen LogP contribution is -2.03. The molecule has 0 saturated carbocycles. The van der Waals surface area contributed by atoms with Crippen LogP contribution in [0.3, 0.4) is 0 Å². The van der Waals surface area contributed by atoms with Gasteiger partial charge in [-0.05, 0) is 17.7 Å². The Hall–Kier alpha value is -1.66. The second kappa shape index (κ2) is 6.49. The van der Waals surface area contributed by atoms with Crippen LogP contribution in [0.25, 0.3) is 0 Å². The van der Waals surface area contributed by atoms with E-state index in [0.29, 0.717) is 12.1 Å². The topological polar surface area (TPSA) is 53.1 Å². The minimum Gasteiger partial charge on any atom is -0.491 e. The van der Waals surface area contributed by atoms with Crippen LogP contribution in [0.2, 0.25) is 0 Å². The lowest BCUT2D eigenvalue weighted by Gasteiger charge is -2.07. The molecule has 0 spiro atoms. The number of halogens is 3. The average Bonchev–Trinajstić information content (AvgIpc) is 2.76. The third kappa shape index (κ3) is 3.42. The van der Waals surface area contributed by atoms with Crippen LogP contribution in [0.1, 0.15) is 11.1 Å². The first-order chi connectivity index (χ1) is 8.63. The van der Waals surface area contributed by atoms with Gasteiger partial charge >= 0.3 is 0 Å². The monoisotopic (exact) mass is 289 g/mol. The van der Waals surface area contributed by atoms with Gasteiger partial charge in [-0.15, -0.1) is 12.4 Å². The van der Waals surface area contributed by atoms with Gasteiger partial charge in [0.15, 0.2) is 17.4 Å². The van der Waals surface area contributed by atoms with Gasteiger partial charge in [0, 0.05) is 18.3 Å². The maximum atomic E-state index is 13.5. The molecule has 4 nitrogen and oxygen atoms in total. The van der Waals surface area contributed by atoms with E-state index in [0.717, 1.165) is 5.56 Å². The van der Waals surface area contributed by atoms with Crippen LogP contribution in [0.15, 0.2) is 24.5 Å². The molecule has 1 aromatic heterocycles. The Kier molecular flexibility index (Phi) is 5.26. The molecule has 0 aliphatic heterocycles. The molecule has 1 heterocycles. The maximum Gasteiger partial charge on any atom is 0.190 e. The molecule has 0 unspecified atom stereocenters. The molecule has 104 valence electrons. The van der Waals surface area contributed by atoms with Crippen molar-refractivity contribution in [2.75, 3.05) is 7.11 Å². The van der Waals surface area contributed by atoms with E-state index < -0.39 is 11.6 Å². The highest BCUT2D eigenvalue weighted by molar-refractivity contribution is 5.85. The summed E-state index contributed by atoms with van der Waals surface area (Å²) in [5.74, 6) is -1.82. The summed E-state index contributed by atoms with van der Waals surface area (Å²) in [6.45, 7) is 0.656. The SMILES string of the molecule is COc1c(F)cc(Cn2cc(CN)cn2)cc1F.Cl. The van der Waals surface area contributed by atoms with Crippen LogP contribution in [0.4, 0.5) is 8.78 Å². The van der Waals surface area contributed by atoms with Crippen molar-refractivity contribution in [2.45, 2.75) is 13.1 Å². The fraction of sp³-hybridized carbons (Fsp3) is 0.250. The van der Waals surface area contributed by atoms with Crippen molar-refractivity contribution in [2.24, 2.45) is 5.73 Å². The summed E-state index contributed by atoms with van der Waals surface area (Å²) >= 11 is 0. The number of hydrogen-bond acceptors (Lipinski definition) is 3. The summed E-state index contributed by atoms with van der Waals surface area (Å²) in [7, 11) is 1.22. The van der Waals surface area contributed by atoms with Gasteiger partial charge in [-0.1, -0.05) is 0 Å². The summed E-state index contributed by atoms with van der Waals surface area (Å²) < 4.78 is 33.1. The van der Waals surface area contributed by atoms with E-state index in [4.69, 9.17) is 5.73 Å². The smallest absolute Gasteiger partial charge is 0.190 e. The second-order valence-electron chi connectivity index (χ2n) is 3.84.